The van der Waals surface area contributed by atoms with Gasteiger partial charge in [-0.3, -0.25) is 4.57 Å². The van der Waals surface area contributed by atoms with Gasteiger partial charge in [0, 0.05) is 19.1 Å². The van der Waals surface area contributed by atoms with E-state index in [-0.39, 0.29) is 6.16 Å². The summed E-state index contributed by atoms with van der Waals surface area (Å²) in [5, 5.41) is 0.703. The van der Waals surface area contributed by atoms with E-state index in [1.54, 1.807) is 6.07 Å². The van der Waals surface area contributed by atoms with Crippen LogP contribution in [0.3, 0.4) is 0 Å². The molecular weight excluding hydrogens is 209 g/mol. The average molecular weight is 221 g/mol. The van der Waals surface area contributed by atoms with Crippen LogP contribution < -0.4 is 5.73 Å². The predicted octanol–water partition coefficient (Wildman–Crippen LogP) is 2.32. The highest BCUT2D eigenvalue weighted by Gasteiger charge is 2.22. The van der Waals surface area contributed by atoms with Gasteiger partial charge in [0.05, 0.1) is 11.2 Å². The fraction of sp³-hybridized carbons (Fsp3) is 0.429. The number of thiophene rings is 1. The van der Waals surface area contributed by atoms with Crippen LogP contribution >= 0.6 is 18.9 Å². The number of anilines is 1. The molecular formula is C7H12NO3PS. The van der Waals surface area contributed by atoms with Crippen molar-refractivity contribution in [3.05, 3.63) is 17.0 Å². The van der Waals surface area contributed by atoms with E-state index in [0.29, 0.717) is 5.00 Å². The number of nitrogen functional groups attached to an aromatic ring is 1. The van der Waals surface area contributed by atoms with Gasteiger partial charge in [-0.05, 0) is 12.1 Å². The fourth-order valence-corrected chi connectivity index (χ4v) is 3.08. The third-order valence-corrected chi connectivity index (χ3v) is 4.56. The van der Waals surface area contributed by atoms with Crippen LogP contribution in [-0.4, -0.2) is 14.2 Å². The minimum atomic E-state index is -2.93. The van der Waals surface area contributed by atoms with E-state index in [1.165, 1.54) is 25.6 Å². The summed E-state index contributed by atoms with van der Waals surface area (Å²) in [5.41, 5.74) is 5.53. The standard InChI is InChI=1S/C7H12NO3PS/c1-10-12(9,11-2)5-6-3-4-7(8)13-6/h3-4H,5,8H2,1-2H3. The molecule has 6 heteroatoms. The monoisotopic (exact) mass is 221 g/mol. The first-order chi connectivity index (χ1) is 6.09. The summed E-state index contributed by atoms with van der Waals surface area (Å²) < 4.78 is 21.2. The zero-order valence-electron chi connectivity index (χ0n) is 7.52. The maximum absolute atomic E-state index is 11.7. The second kappa shape index (κ2) is 4.24. The van der Waals surface area contributed by atoms with Gasteiger partial charge >= 0.3 is 7.60 Å². The molecule has 0 aliphatic rings. The number of rotatable bonds is 4. The Bertz CT molecular complexity index is 317. The molecule has 0 amide bonds. The van der Waals surface area contributed by atoms with Gasteiger partial charge in [-0.15, -0.1) is 11.3 Å². The van der Waals surface area contributed by atoms with Gasteiger partial charge in [-0.1, -0.05) is 0 Å². The molecule has 4 nitrogen and oxygen atoms in total. The largest absolute Gasteiger partial charge is 0.391 e. The zero-order chi connectivity index (χ0) is 9.90. The lowest BCUT2D eigenvalue weighted by atomic mass is 10.5. The molecule has 0 spiro atoms. The molecule has 0 unspecified atom stereocenters. The lowest BCUT2D eigenvalue weighted by Gasteiger charge is -2.11. The van der Waals surface area contributed by atoms with Crippen molar-refractivity contribution in [2.45, 2.75) is 6.16 Å². The summed E-state index contributed by atoms with van der Waals surface area (Å²) in [6, 6.07) is 3.60. The lowest BCUT2D eigenvalue weighted by Crippen LogP contribution is -1.90. The highest BCUT2D eigenvalue weighted by Crippen LogP contribution is 2.50. The van der Waals surface area contributed by atoms with E-state index in [0.717, 1.165) is 4.88 Å². The van der Waals surface area contributed by atoms with Crippen molar-refractivity contribution >= 4 is 23.9 Å². The molecule has 0 aliphatic heterocycles. The summed E-state index contributed by atoms with van der Waals surface area (Å²) in [5.74, 6) is 0. The summed E-state index contributed by atoms with van der Waals surface area (Å²) >= 11 is 1.39. The van der Waals surface area contributed by atoms with Crippen LogP contribution in [0.4, 0.5) is 5.00 Å². The molecule has 0 bridgehead atoms. The Morgan fingerprint density at radius 3 is 2.46 bits per heavy atom. The number of hydrogen-bond donors (Lipinski definition) is 1. The topological polar surface area (TPSA) is 61.5 Å². The Labute approximate surface area is 81.2 Å². The van der Waals surface area contributed by atoms with Crippen LogP contribution in [0.5, 0.6) is 0 Å². The molecule has 1 aromatic rings. The lowest BCUT2D eigenvalue weighted by molar-refractivity contribution is 0.275. The molecule has 74 valence electrons. The summed E-state index contributed by atoms with van der Waals surface area (Å²) in [4.78, 5) is 0.907. The van der Waals surface area contributed by atoms with Gasteiger partial charge in [-0.25, -0.2) is 0 Å². The SMILES string of the molecule is COP(=O)(Cc1ccc(N)s1)OC. The van der Waals surface area contributed by atoms with Gasteiger partial charge < -0.3 is 14.8 Å². The van der Waals surface area contributed by atoms with E-state index in [4.69, 9.17) is 14.8 Å². The van der Waals surface area contributed by atoms with Gasteiger partial charge in [0.25, 0.3) is 0 Å². The van der Waals surface area contributed by atoms with E-state index in [9.17, 15) is 4.57 Å². The van der Waals surface area contributed by atoms with Crippen molar-refractivity contribution in [3.8, 4) is 0 Å². The van der Waals surface area contributed by atoms with Crippen LogP contribution in [0.2, 0.25) is 0 Å². The molecule has 0 aromatic carbocycles. The Kier molecular flexibility index (Phi) is 3.50. The predicted molar refractivity (Wildman–Crippen MR) is 54.1 cm³/mol. The van der Waals surface area contributed by atoms with Gasteiger partial charge in [0.2, 0.25) is 0 Å². The average Bonchev–Trinajstić information content (AvgIpc) is 2.51. The highest BCUT2D eigenvalue weighted by atomic mass is 32.1. The molecule has 13 heavy (non-hydrogen) atoms. The van der Waals surface area contributed by atoms with E-state index < -0.39 is 7.60 Å². The minimum absolute atomic E-state index is 0.280. The number of hydrogen-bond acceptors (Lipinski definition) is 5. The molecule has 1 rings (SSSR count). The molecule has 0 fully saturated rings. The van der Waals surface area contributed by atoms with E-state index in [1.807, 2.05) is 6.07 Å². The van der Waals surface area contributed by atoms with Crippen LogP contribution in [0, 0.1) is 0 Å². The molecule has 0 aliphatic carbocycles. The molecule has 1 aromatic heterocycles. The van der Waals surface area contributed by atoms with Crippen molar-refractivity contribution in [1.82, 2.24) is 0 Å². The minimum Gasteiger partial charge on any atom is -0.391 e. The van der Waals surface area contributed by atoms with Crippen LogP contribution in [0.1, 0.15) is 4.88 Å². The number of nitrogens with two attached hydrogens (primary N) is 1. The van der Waals surface area contributed by atoms with Gasteiger partial charge in [0.15, 0.2) is 0 Å². The Hall–Kier alpha value is -0.350. The molecule has 2 N–H and O–H groups in total. The highest BCUT2D eigenvalue weighted by molar-refractivity contribution is 7.53. The van der Waals surface area contributed by atoms with Crippen molar-refractivity contribution in [1.29, 1.82) is 0 Å². The molecule has 0 radical (unpaired) electrons. The van der Waals surface area contributed by atoms with Crippen molar-refractivity contribution in [2.75, 3.05) is 20.0 Å². The van der Waals surface area contributed by atoms with Crippen molar-refractivity contribution in [3.63, 3.8) is 0 Å². The van der Waals surface area contributed by atoms with Crippen molar-refractivity contribution < 1.29 is 13.6 Å². The molecule has 1 heterocycles. The Morgan fingerprint density at radius 1 is 1.46 bits per heavy atom. The van der Waals surface area contributed by atoms with E-state index >= 15 is 0 Å². The van der Waals surface area contributed by atoms with Crippen LogP contribution in [0.25, 0.3) is 0 Å². The second-order valence-corrected chi connectivity index (χ2v) is 5.91. The second-order valence-electron chi connectivity index (χ2n) is 2.44. The normalized spacial score (nSPS) is 11.8. The first-order valence-electron chi connectivity index (χ1n) is 3.64. The first-order valence-corrected chi connectivity index (χ1v) is 6.19. The summed E-state index contributed by atoms with van der Waals surface area (Å²) in [7, 11) is -0.182. The van der Waals surface area contributed by atoms with Crippen LogP contribution in [0.15, 0.2) is 12.1 Å². The first kappa shape index (κ1) is 10.7. The van der Waals surface area contributed by atoms with E-state index in [2.05, 4.69) is 0 Å². The van der Waals surface area contributed by atoms with Crippen molar-refractivity contribution in [2.24, 2.45) is 0 Å². The van der Waals surface area contributed by atoms with Crippen LogP contribution in [-0.2, 0) is 19.8 Å². The molecule has 0 atom stereocenters. The third-order valence-electron chi connectivity index (χ3n) is 1.59. The maximum atomic E-state index is 11.7. The molecule has 0 saturated heterocycles. The molecule has 0 saturated carbocycles. The quantitative estimate of drug-likeness (QED) is 0.792. The third kappa shape index (κ3) is 2.81. The summed E-state index contributed by atoms with van der Waals surface area (Å²) in [6.45, 7) is 0. The fourth-order valence-electron chi connectivity index (χ4n) is 0.874. The smallest absolute Gasteiger partial charge is 0.335 e. The Morgan fingerprint density at radius 2 is 2.08 bits per heavy atom. The van der Waals surface area contributed by atoms with Gasteiger partial charge in [-0.2, -0.15) is 0 Å². The maximum Gasteiger partial charge on any atom is 0.335 e. The zero-order valence-corrected chi connectivity index (χ0v) is 9.23. The Balaban J connectivity index is 2.73. The summed E-state index contributed by atoms with van der Waals surface area (Å²) in [6.07, 6.45) is 0.280. The van der Waals surface area contributed by atoms with Gasteiger partial charge in [0.1, 0.15) is 0 Å².